The zero-order chi connectivity index (χ0) is 13.6. The number of rotatable bonds is 1. The van der Waals surface area contributed by atoms with E-state index in [1.807, 2.05) is 18.2 Å². The third-order valence-corrected chi connectivity index (χ3v) is 4.83. The van der Waals surface area contributed by atoms with Crippen LogP contribution in [0.25, 0.3) is 11.3 Å². The number of carboxylic acid groups (broad SMARTS) is 1. The molecule has 4 nitrogen and oxygen atoms in total. The van der Waals surface area contributed by atoms with Crippen LogP contribution >= 0.6 is 38.9 Å². The number of carbonyl (C=O) groups is 1. The van der Waals surface area contributed by atoms with Crippen LogP contribution in [0.15, 0.2) is 22.7 Å². The normalized spacial score (nSPS) is 17.1. The number of halogens is 2. The lowest BCUT2D eigenvalue weighted by atomic mass is 10.1. The third kappa shape index (κ3) is 2.24. The van der Waals surface area contributed by atoms with Gasteiger partial charge in [-0.1, -0.05) is 15.9 Å². The Morgan fingerprint density at radius 2 is 2.37 bits per heavy atom. The first-order chi connectivity index (χ1) is 9.06. The fourth-order valence-electron chi connectivity index (χ4n) is 1.88. The van der Waals surface area contributed by atoms with E-state index in [0.717, 1.165) is 26.3 Å². The summed E-state index contributed by atoms with van der Waals surface area (Å²) in [5, 5.41) is 8.71. The molecule has 98 valence electrons. The molecule has 2 heterocycles. The van der Waals surface area contributed by atoms with Crippen molar-refractivity contribution in [2.24, 2.45) is 0 Å². The summed E-state index contributed by atoms with van der Waals surface area (Å²) in [6.45, 7) is 0.296. The highest BCUT2D eigenvalue weighted by Gasteiger charge is 2.28. The monoisotopic (exact) mass is 359 g/mol. The molecule has 19 heavy (non-hydrogen) atoms. The van der Waals surface area contributed by atoms with Crippen molar-refractivity contribution in [2.75, 3.05) is 6.61 Å². The Kier molecular flexibility index (Phi) is 3.24. The summed E-state index contributed by atoms with van der Waals surface area (Å²) in [4.78, 5) is 16.0. The van der Waals surface area contributed by atoms with E-state index in [4.69, 9.17) is 21.4 Å². The SMILES string of the molecule is O=C(O)c1nc2c(s1)C(Cl)COc1ccc(Br)cc1-2. The van der Waals surface area contributed by atoms with Crippen molar-refractivity contribution < 1.29 is 14.6 Å². The second-order valence-corrected chi connectivity index (χ2v) is 6.43. The standard InChI is InChI=1S/C12H7BrClNO3S/c13-5-1-2-8-6(3-5)9-10(7(14)4-18-8)19-11(15-9)12(16)17/h1-3,7H,4H2,(H,16,17). The van der Waals surface area contributed by atoms with Gasteiger partial charge in [-0.25, -0.2) is 9.78 Å². The number of aromatic carboxylic acids is 1. The number of alkyl halides is 1. The van der Waals surface area contributed by atoms with Crippen LogP contribution in [0.2, 0.25) is 0 Å². The van der Waals surface area contributed by atoms with Gasteiger partial charge in [0.1, 0.15) is 17.7 Å². The van der Waals surface area contributed by atoms with E-state index in [-0.39, 0.29) is 5.01 Å². The second kappa shape index (κ2) is 4.77. The molecule has 1 aliphatic heterocycles. The van der Waals surface area contributed by atoms with E-state index >= 15 is 0 Å². The highest BCUT2D eigenvalue weighted by atomic mass is 79.9. The van der Waals surface area contributed by atoms with Crippen LogP contribution in [0.5, 0.6) is 5.75 Å². The molecular formula is C12H7BrClNO3S. The molecule has 0 radical (unpaired) electrons. The minimum atomic E-state index is -1.04. The maximum Gasteiger partial charge on any atom is 0.365 e. The zero-order valence-corrected chi connectivity index (χ0v) is 12.6. The Morgan fingerprint density at radius 3 is 3.11 bits per heavy atom. The fraction of sp³-hybridized carbons (Fsp3) is 0.167. The Morgan fingerprint density at radius 1 is 1.58 bits per heavy atom. The maximum absolute atomic E-state index is 11.1. The molecule has 1 aromatic heterocycles. The molecule has 0 fully saturated rings. The van der Waals surface area contributed by atoms with Gasteiger partial charge in [-0.3, -0.25) is 0 Å². The molecule has 1 aromatic carbocycles. The minimum Gasteiger partial charge on any atom is -0.491 e. The van der Waals surface area contributed by atoms with Crippen molar-refractivity contribution in [1.29, 1.82) is 0 Å². The Labute approximate surface area is 126 Å². The largest absolute Gasteiger partial charge is 0.491 e. The molecule has 0 saturated carbocycles. The van der Waals surface area contributed by atoms with Gasteiger partial charge in [-0.05, 0) is 18.2 Å². The molecule has 0 bridgehead atoms. The van der Waals surface area contributed by atoms with Gasteiger partial charge in [0.15, 0.2) is 0 Å². The van der Waals surface area contributed by atoms with Gasteiger partial charge in [-0.2, -0.15) is 0 Å². The first-order valence-electron chi connectivity index (χ1n) is 5.37. The molecule has 1 unspecified atom stereocenters. The Bertz CT molecular complexity index is 673. The topological polar surface area (TPSA) is 59.4 Å². The number of aromatic nitrogens is 1. The summed E-state index contributed by atoms with van der Waals surface area (Å²) >= 11 is 10.7. The van der Waals surface area contributed by atoms with Crippen LogP contribution in [0.3, 0.4) is 0 Å². The summed E-state index contributed by atoms with van der Waals surface area (Å²) in [7, 11) is 0. The second-order valence-electron chi connectivity index (χ2n) is 3.96. The first kappa shape index (κ1) is 12.9. The highest BCUT2D eigenvalue weighted by Crippen LogP contribution is 2.43. The van der Waals surface area contributed by atoms with Gasteiger partial charge in [0, 0.05) is 10.0 Å². The molecule has 7 heteroatoms. The van der Waals surface area contributed by atoms with Crippen LogP contribution in [-0.4, -0.2) is 22.7 Å². The average Bonchev–Trinajstić information content (AvgIpc) is 2.77. The number of nitrogens with zero attached hydrogens (tertiary/aromatic N) is 1. The van der Waals surface area contributed by atoms with Gasteiger partial charge in [0.25, 0.3) is 0 Å². The average molecular weight is 361 g/mol. The van der Waals surface area contributed by atoms with E-state index in [1.165, 1.54) is 0 Å². The molecule has 1 aliphatic rings. The summed E-state index contributed by atoms with van der Waals surface area (Å²) < 4.78 is 6.50. The van der Waals surface area contributed by atoms with Crippen molar-refractivity contribution in [3.05, 3.63) is 32.6 Å². The summed E-state index contributed by atoms with van der Waals surface area (Å²) in [5.41, 5.74) is 1.35. The van der Waals surface area contributed by atoms with E-state index < -0.39 is 11.3 Å². The smallest absolute Gasteiger partial charge is 0.365 e. The van der Waals surface area contributed by atoms with Crippen LogP contribution in [0.1, 0.15) is 20.1 Å². The molecule has 3 rings (SSSR count). The van der Waals surface area contributed by atoms with Crippen molar-refractivity contribution >= 4 is 44.8 Å². The number of thiazole rings is 1. The number of hydrogen-bond acceptors (Lipinski definition) is 4. The number of ether oxygens (including phenoxy) is 1. The van der Waals surface area contributed by atoms with Crippen molar-refractivity contribution in [3.8, 4) is 17.0 Å². The third-order valence-electron chi connectivity index (χ3n) is 2.70. The summed E-state index contributed by atoms with van der Waals surface area (Å²) in [6, 6.07) is 5.53. The number of fused-ring (bicyclic) bond motifs is 3. The van der Waals surface area contributed by atoms with Gasteiger partial charge in [-0.15, -0.1) is 22.9 Å². The zero-order valence-electron chi connectivity index (χ0n) is 9.39. The Balaban J connectivity index is 2.25. The lowest BCUT2D eigenvalue weighted by molar-refractivity contribution is 0.0696. The number of carboxylic acids is 1. The highest BCUT2D eigenvalue weighted by molar-refractivity contribution is 9.10. The van der Waals surface area contributed by atoms with Crippen LogP contribution in [0.4, 0.5) is 0 Å². The predicted octanol–water partition coefficient (Wildman–Crippen LogP) is 3.94. The van der Waals surface area contributed by atoms with E-state index in [2.05, 4.69) is 20.9 Å². The lowest BCUT2D eigenvalue weighted by Gasteiger charge is -2.07. The van der Waals surface area contributed by atoms with E-state index in [1.54, 1.807) is 0 Å². The Hall–Kier alpha value is -1.11. The molecule has 2 aromatic rings. The lowest BCUT2D eigenvalue weighted by Crippen LogP contribution is -2.01. The van der Waals surface area contributed by atoms with Crippen molar-refractivity contribution in [1.82, 2.24) is 4.98 Å². The van der Waals surface area contributed by atoms with Gasteiger partial charge < -0.3 is 9.84 Å². The van der Waals surface area contributed by atoms with E-state index in [0.29, 0.717) is 18.1 Å². The van der Waals surface area contributed by atoms with E-state index in [9.17, 15) is 4.79 Å². The number of benzene rings is 1. The molecule has 0 amide bonds. The van der Waals surface area contributed by atoms with Crippen LogP contribution in [-0.2, 0) is 0 Å². The van der Waals surface area contributed by atoms with Gasteiger partial charge in [0.05, 0.1) is 10.6 Å². The number of hydrogen-bond donors (Lipinski definition) is 1. The predicted molar refractivity (Wildman–Crippen MR) is 76.3 cm³/mol. The molecule has 0 spiro atoms. The van der Waals surface area contributed by atoms with Gasteiger partial charge in [0.2, 0.25) is 5.01 Å². The summed E-state index contributed by atoms with van der Waals surface area (Å²) in [6.07, 6.45) is 0. The molecular weight excluding hydrogens is 354 g/mol. The molecule has 0 saturated heterocycles. The van der Waals surface area contributed by atoms with Crippen LogP contribution in [0, 0.1) is 0 Å². The molecule has 1 N–H and O–H groups in total. The van der Waals surface area contributed by atoms with Crippen molar-refractivity contribution in [2.45, 2.75) is 5.38 Å². The fourth-order valence-corrected chi connectivity index (χ4v) is 3.42. The summed E-state index contributed by atoms with van der Waals surface area (Å²) in [5.74, 6) is -0.380. The van der Waals surface area contributed by atoms with Crippen molar-refractivity contribution in [3.63, 3.8) is 0 Å². The minimum absolute atomic E-state index is 0.0449. The first-order valence-corrected chi connectivity index (χ1v) is 7.41. The molecule has 0 aliphatic carbocycles. The van der Waals surface area contributed by atoms with Crippen LogP contribution < -0.4 is 4.74 Å². The molecule has 1 atom stereocenters. The maximum atomic E-state index is 11.1. The van der Waals surface area contributed by atoms with Gasteiger partial charge >= 0.3 is 5.97 Å². The quantitative estimate of drug-likeness (QED) is 0.783.